The molecule has 15 heteroatoms. The molecule has 2 aliphatic carbocycles. The van der Waals surface area contributed by atoms with Crippen molar-refractivity contribution >= 4 is 61.3 Å². The largest absolute Gasteiger partial charge is 0.476 e. The Morgan fingerprint density at radius 3 is 2.45 bits per heavy atom. The number of carbonyl (C=O) groups excluding carboxylic acids is 1. The SMILES string of the molecule is CC[C@]1(O)CC[C@@H](COc2ncc(S(=O)(=O)NC(=O)c3ccc(N4CCN(CC5=C(c6ccc(Cl)cc6)CC(C)(C)CC5)CC4)cc3Oc3cccc4[nH]ncc34)cc2Cl)CC1. The van der Waals surface area contributed by atoms with Crippen molar-refractivity contribution in [1.29, 1.82) is 0 Å². The van der Waals surface area contributed by atoms with Crippen LogP contribution in [0.15, 0.2) is 89.6 Å². The van der Waals surface area contributed by atoms with Gasteiger partial charge in [-0.3, -0.25) is 14.8 Å². The lowest BCUT2D eigenvalue weighted by Crippen LogP contribution is -2.47. The van der Waals surface area contributed by atoms with Crippen molar-refractivity contribution < 1.29 is 27.8 Å². The van der Waals surface area contributed by atoms with Crippen molar-refractivity contribution in [3.05, 3.63) is 106 Å². The molecule has 1 saturated heterocycles. The quantitative estimate of drug-likeness (QED) is 0.104. The summed E-state index contributed by atoms with van der Waals surface area (Å²) in [6.07, 6.45) is 9.74. The predicted molar refractivity (Wildman–Crippen MR) is 244 cm³/mol. The van der Waals surface area contributed by atoms with Crippen molar-refractivity contribution in [2.45, 2.75) is 82.6 Å². The topological polar surface area (TPSA) is 150 Å². The number of ether oxygens (including phenoxy) is 2. The Balaban J connectivity index is 0.974. The molecule has 62 heavy (non-hydrogen) atoms. The fourth-order valence-corrected chi connectivity index (χ4v) is 10.2. The average Bonchev–Trinajstić information content (AvgIpc) is 3.75. The van der Waals surface area contributed by atoms with Gasteiger partial charge in [0.1, 0.15) is 21.4 Å². The van der Waals surface area contributed by atoms with Gasteiger partial charge in [0.05, 0.1) is 41.1 Å². The van der Waals surface area contributed by atoms with E-state index >= 15 is 0 Å². The molecule has 3 aromatic carbocycles. The first-order valence-corrected chi connectivity index (χ1v) is 23.7. The molecule has 2 fully saturated rings. The van der Waals surface area contributed by atoms with Crippen molar-refractivity contribution in [2.75, 3.05) is 44.2 Å². The lowest BCUT2D eigenvalue weighted by molar-refractivity contribution is -0.0180. The number of hydrogen-bond donors (Lipinski definition) is 3. The molecule has 0 spiro atoms. The van der Waals surface area contributed by atoms with Gasteiger partial charge in [0, 0.05) is 49.5 Å². The van der Waals surface area contributed by atoms with E-state index in [4.69, 9.17) is 32.7 Å². The Kier molecular flexibility index (Phi) is 12.9. The molecule has 3 N–H and O–H groups in total. The number of nitrogens with one attached hydrogen (secondary N) is 2. The molecule has 3 aliphatic rings. The summed E-state index contributed by atoms with van der Waals surface area (Å²) < 4.78 is 41.8. The van der Waals surface area contributed by atoms with Crippen LogP contribution >= 0.6 is 23.2 Å². The molecule has 1 saturated carbocycles. The molecule has 0 atom stereocenters. The lowest BCUT2D eigenvalue weighted by atomic mass is 9.72. The summed E-state index contributed by atoms with van der Waals surface area (Å²) in [6.45, 7) is 11.1. The molecule has 12 nitrogen and oxygen atoms in total. The summed E-state index contributed by atoms with van der Waals surface area (Å²) in [7, 11) is -4.42. The van der Waals surface area contributed by atoms with E-state index in [0.717, 1.165) is 87.3 Å². The fraction of sp³-hybridized carbons (Fsp3) is 0.426. The van der Waals surface area contributed by atoms with Crippen molar-refractivity contribution in [3.63, 3.8) is 0 Å². The lowest BCUT2D eigenvalue weighted by Gasteiger charge is -2.39. The number of H-pyrrole nitrogens is 1. The second-order valence-electron chi connectivity index (χ2n) is 17.8. The van der Waals surface area contributed by atoms with E-state index in [2.05, 4.69) is 55.7 Å². The van der Waals surface area contributed by atoms with Gasteiger partial charge < -0.3 is 19.5 Å². The summed E-state index contributed by atoms with van der Waals surface area (Å²) in [5, 5.41) is 19.1. The van der Waals surface area contributed by atoms with E-state index in [0.29, 0.717) is 37.0 Å². The smallest absolute Gasteiger partial charge is 0.268 e. The van der Waals surface area contributed by atoms with Gasteiger partial charge in [-0.25, -0.2) is 18.1 Å². The molecule has 1 amide bonds. The highest BCUT2D eigenvalue weighted by molar-refractivity contribution is 7.90. The summed E-state index contributed by atoms with van der Waals surface area (Å²) >= 11 is 12.7. The van der Waals surface area contributed by atoms with E-state index < -0.39 is 21.5 Å². The number of aromatic nitrogens is 3. The molecule has 0 bridgehead atoms. The normalized spacial score (nSPS) is 20.9. The molecule has 3 heterocycles. The molecule has 328 valence electrons. The number of sulfonamides is 1. The number of carbonyl (C=O) groups is 1. The number of benzene rings is 3. The maximum atomic E-state index is 13.9. The molecule has 0 radical (unpaired) electrons. The van der Waals surface area contributed by atoms with Crippen LogP contribution in [0.1, 0.15) is 88.1 Å². The minimum absolute atomic E-state index is 0.00397. The number of amides is 1. The number of hydrogen-bond acceptors (Lipinski definition) is 10. The number of halogens is 2. The number of aromatic amines is 1. The van der Waals surface area contributed by atoms with Crippen LogP contribution in [0.5, 0.6) is 17.4 Å². The van der Waals surface area contributed by atoms with Crippen molar-refractivity contribution in [2.24, 2.45) is 11.3 Å². The van der Waals surface area contributed by atoms with Gasteiger partial charge in [0.2, 0.25) is 5.88 Å². The minimum Gasteiger partial charge on any atom is -0.476 e. The summed E-state index contributed by atoms with van der Waals surface area (Å²) in [6, 6.07) is 20.1. The number of anilines is 1. The van der Waals surface area contributed by atoms with E-state index in [1.807, 2.05) is 37.3 Å². The first-order valence-electron chi connectivity index (χ1n) is 21.4. The molecule has 5 aromatic rings. The summed E-state index contributed by atoms with van der Waals surface area (Å²) in [5.74, 6) is 0.0936. The predicted octanol–water partition coefficient (Wildman–Crippen LogP) is 9.67. The third kappa shape index (κ3) is 10.1. The number of fused-ring (bicyclic) bond motifs is 1. The second kappa shape index (κ2) is 18.2. The number of allylic oxidation sites excluding steroid dienone is 1. The highest BCUT2D eigenvalue weighted by atomic mass is 35.5. The van der Waals surface area contributed by atoms with E-state index in [1.54, 1.807) is 24.4 Å². The molecule has 0 unspecified atom stereocenters. The Hall–Kier alpha value is -4.66. The van der Waals surface area contributed by atoms with Crippen LogP contribution in [0.2, 0.25) is 10.0 Å². The highest BCUT2D eigenvalue weighted by Crippen LogP contribution is 2.44. The Morgan fingerprint density at radius 1 is 0.968 bits per heavy atom. The number of aliphatic hydroxyl groups is 1. The zero-order valence-corrected chi connectivity index (χ0v) is 37.8. The number of pyridine rings is 1. The number of piperazine rings is 1. The van der Waals surface area contributed by atoms with E-state index in [9.17, 15) is 18.3 Å². The van der Waals surface area contributed by atoms with Gasteiger partial charge in [-0.1, -0.05) is 67.7 Å². The van der Waals surface area contributed by atoms with Gasteiger partial charge in [-0.2, -0.15) is 5.10 Å². The third-order valence-corrected chi connectivity index (χ3v) is 14.7. The van der Waals surface area contributed by atoms with E-state index in [-0.39, 0.29) is 38.4 Å². The Labute approximate surface area is 373 Å². The highest BCUT2D eigenvalue weighted by Gasteiger charge is 2.33. The van der Waals surface area contributed by atoms with Crippen LogP contribution in [0, 0.1) is 11.3 Å². The van der Waals surface area contributed by atoms with Crippen molar-refractivity contribution in [1.82, 2.24) is 24.8 Å². The number of nitrogens with zero attached hydrogens (tertiary/aromatic N) is 4. The summed E-state index contributed by atoms with van der Waals surface area (Å²) in [5.41, 5.74) is 5.39. The zero-order chi connectivity index (χ0) is 43.6. The van der Waals surface area contributed by atoms with E-state index in [1.165, 1.54) is 22.8 Å². The first kappa shape index (κ1) is 44.0. The standard InChI is InChI=1S/C47H54Cl2N6O6S/c1-4-47(57)18-14-31(15-19-47)30-60-45-40(49)25-36(27-50-45)62(58,59)53-44(56)37-13-12-35(24-43(37)61-42-7-5-6-41-39(42)28-51-52-41)55-22-20-54(21-23-55)29-33-16-17-46(2,3)26-38(33)32-8-10-34(48)11-9-32/h5-13,24-25,27-28,31,57H,4,14-23,26,29-30H2,1-3H3,(H,51,52)(H,53,56)/t31-,47+. The minimum atomic E-state index is -4.42. The van der Waals surface area contributed by atoms with Crippen LogP contribution < -0.4 is 19.1 Å². The van der Waals surface area contributed by atoms with Gasteiger partial charge in [-0.15, -0.1) is 0 Å². The van der Waals surface area contributed by atoms with Gasteiger partial charge in [-0.05, 0) is 116 Å². The zero-order valence-electron chi connectivity index (χ0n) is 35.4. The second-order valence-corrected chi connectivity index (χ2v) is 20.3. The van der Waals surface area contributed by atoms with Gasteiger partial charge >= 0.3 is 0 Å². The Morgan fingerprint density at radius 2 is 1.73 bits per heavy atom. The molecule has 2 aromatic heterocycles. The van der Waals surface area contributed by atoms with Crippen LogP contribution in [0.3, 0.4) is 0 Å². The van der Waals surface area contributed by atoms with Crippen LogP contribution in [0.4, 0.5) is 5.69 Å². The molecular weight excluding hydrogens is 848 g/mol. The molecular formula is C47H54Cl2N6O6S. The van der Waals surface area contributed by atoms with Crippen LogP contribution in [-0.4, -0.2) is 84.4 Å². The maximum Gasteiger partial charge on any atom is 0.268 e. The maximum absolute atomic E-state index is 13.9. The van der Waals surface area contributed by atoms with Gasteiger partial charge in [0.15, 0.2) is 0 Å². The molecule has 8 rings (SSSR count). The van der Waals surface area contributed by atoms with Crippen molar-refractivity contribution in [3.8, 4) is 17.4 Å². The van der Waals surface area contributed by atoms with Crippen LogP contribution in [0.25, 0.3) is 16.5 Å². The van der Waals surface area contributed by atoms with Gasteiger partial charge in [0.25, 0.3) is 15.9 Å². The average molecular weight is 902 g/mol. The Bertz CT molecular complexity index is 2560. The third-order valence-electron chi connectivity index (χ3n) is 12.9. The summed E-state index contributed by atoms with van der Waals surface area (Å²) in [4.78, 5) is 22.6. The van der Waals surface area contributed by atoms with Crippen LogP contribution in [-0.2, 0) is 10.0 Å². The first-order chi connectivity index (χ1) is 29.7. The monoisotopic (exact) mass is 900 g/mol. The fourth-order valence-electron chi connectivity index (χ4n) is 8.86. The number of rotatable bonds is 13. The molecule has 1 aliphatic heterocycles.